The van der Waals surface area contributed by atoms with E-state index in [2.05, 4.69) is 46.6 Å². The van der Waals surface area contributed by atoms with Crippen LogP contribution in [0.3, 0.4) is 0 Å². The molecule has 1 aromatic rings. The van der Waals surface area contributed by atoms with Crippen LogP contribution in [-0.4, -0.2) is 0 Å². The summed E-state index contributed by atoms with van der Waals surface area (Å²) in [4.78, 5) is 1.35. The van der Waals surface area contributed by atoms with Crippen molar-refractivity contribution in [3.05, 3.63) is 20.8 Å². The van der Waals surface area contributed by atoms with Crippen LogP contribution in [0.2, 0.25) is 0 Å². The standard InChI is InChI=1S/C14H23BrN2S/c1-9(2)10-3-5-11(6-4-10)13(17-16)14-12(15)7-8-18-14/h7-11,13,17H,3-6,16H2,1-2H3. The fraction of sp³-hybridized carbons (Fsp3) is 0.714. The summed E-state index contributed by atoms with van der Waals surface area (Å²) in [6, 6.07) is 2.43. The van der Waals surface area contributed by atoms with Gasteiger partial charge in [-0.3, -0.25) is 11.3 Å². The Bertz CT molecular complexity index is 370. The van der Waals surface area contributed by atoms with E-state index in [9.17, 15) is 0 Å². The van der Waals surface area contributed by atoms with Gasteiger partial charge in [0.15, 0.2) is 0 Å². The van der Waals surface area contributed by atoms with Gasteiger partial charge in [0, 0.05) is 9.35 Å². The summed E-state index contributed by atoms with van der Waals surface area (Å²) in [5, 5.41) is 2.13. The third-order valence-electron chi connectivity index (χ3n) is 4.34. The predicted octanol–water partition coefficient (Wildman–Crippen LogP) is 4.48. The zero-order chi connectivity index (χ0) is 13.1. The number of nitrogens with one attached hydrogen (secondary N) is 1. The van der Waals surface area contributed by atoms with Crippen molar-refractivity contribution < 1.29 is 0 Å². The van der Waals surface area contributed by atoms with E-state index >= 15 is 0 Å². The van der Waals surface area contributed by atoms with Crippen LogP contribution in [0.4, 0.5) is 0 Å². The van der Waals surface area contributed by atoms with Gasteiger partial charge < -0.3 is 0 Å². The molecule has 1 heterocycles. The number of hydrazine groups is 1. The molecule has 1 aliphatic rings. The van der Waals surface area contributed by atoms with Gasteiger partial charge in [0.05, 0.1) is 6.04 Å². The third kappa shape index (κ3) is 3.16. The zero-order valence-electron chi connectivity index (χ0n) is 11.2. The van der Waals surface area contributed by atoms with Crippen molar-refractivity contribution in [3.8, 4) is 0 Å². The number of nitrogens with two attached hydrogens (primary N) is 1. The molecule has 4 heteroatoms. The normalized spacial score (nSPS) is 26.5. The molecular weight excluding hydrogens is 308 g/mol. The van der Waals surface area contributed by atoms with E-state index in [0.29, 0.717) is 12.0 Å². The van der Waals surface area contributed by atoms with E-state index < -0.39 is 0 Å². The lowest BCUT2D eigenvalue weighted by molar-refractivity contribution is 0.190. The summed E-state index contributed by atoms with van der Waals surface area (Å²) < 4.78 is 1.20. The maximum Gasteiger partial charge on any atom is 0.0592 e. The molecule has 1 unspecified atom stereocenters. The van der Waals surface area contributed by atoms with Gasteiger partial charge in [-0.1, -0.05) is 13.8 Å². The Hall–Kier alpha value is 0.100. The molecule has 0 aliphatic heterocycles. The Kier molecular flexibility index (Phi) is 5.24. The smallest absolute Gasteiger partial charge is 0.0592 e. The molecule has 0 spiro atoms. The first-order valence-corrected chi connectivity index (χ1v) is 8.49. The second kappa shape index (κ2) is 6.51. The summed E-state index contributed by atoms with van der Waals surface area (Å²) in [5.41, 5.74) is 3.04. The Morgan fingerprint density at radius 2 is 1.89 bits per heavy atom. The Morgan fingerprint density at radius 1 is 1.28 bits per heavy atom. The van der Waals surface area contributed by atoms with Crippen molar-refractivity contribution in [3.63, 3.8) is 0 Å². The topological polar surface area (TPSA) is 38.0 Å². The Labute approximate surface area is 122 Å². The first-order valence-electron chi connectivity index (χ1n) is 6.82. The van der Waals surface area contributed by atoms with Crippen LogP contribution in [0.1, 0.15) is 50.4 Å². The van der Waals surface area contributed by atoms with Crippen LogP contribution >= 0.6 is 27.3 Å². The van der Waals surface area contributed by atoms with E-state index in [0.717, 1.165) is 11.8 Å². The molecule has 3 N–H and O–H groups in total. The van der Waals surface area contributed by atoms with Crippen LogP contribution in [-0.2, 0) is 0 Å². The monoisotopic (exact) mass is 330 g/mol. The number of rotatable bonds is 4. The molecule has 1 aliphatic carbocycles. The van der Waals surface area contributed by atoms with Crippen LogP contribution in [0, 0.1) is 17.8 Å². The fourth-order valence-electron chi connectivity index (χ4n) is 3.10. The molecule has 1 atom stereocenters. The largest absolute Gasteiger partial charge is 0.271 e. The van der Waals surface area contributed by atoms with Gasteiger partial charge in [-0.15, -0.1) is 11.3 Å². The minimum atomic E-state index is 0.312. The lowest BCUT2D eigenvalue weighted by Gasteiger charge is -2.35. The van der Waals surface area contributed by atoms with Gasteiger partial charge in [-0.2, -0.15) is 0 Å². The van der Waals surface area contributed by atoms with Gasteiger partial charge in [0.2, 0.25) is 0 Å². The quantitative estimate of drug-likeness (QED) is 0.631. The molecule has 18 heavy (non-hydrogen) atoms. The molecule has 2 nitrogen and oxygen atoms in total. The summed E-state index contributed by atoms with van der Waals surface area (Å²) >= 11 is 5.42. The van der Waals surface area contributed by atoms with Gasteiger partial charge >= 0.3 is 0 Å². The van der Waals surface area contributed by atoms with Crippen molar-refractivity contribution in [2.75, 3.05) is 0 Å². The van der Waals surface area contributed by atoms with Crippen LogP contribution in [0.15, 0.2) is 15.9 Å². The van der Waals surface area contributed by atoms with Crippen molar-refractivity contribution in [2.24, 2.45) is 23.6 Å². The van der Waals surface area contributed by atoms with Gasteiger partial charge in [-0.05, 0) is 70.8 Å². The molecule has 1 saturated carbocycles. The molecule has 0 aromatic carbocycles. The van der Waals surface area contributed by atoms with Crippen molar-refractivity contribution >= 4 is 27.3 Å². The molecule has 0 amide bonds. The lowest BCUT2D eigenvalue weighted by Crippen LogP contribution is -2.35. The van der Waals surface area contributed by atoms with Gasteiger partial charge in [-0.25, -0.2) is 0 Å². The van der Waals surface area contributed by atoms with Crippen molar-refractivity contribution in [1.29, 1.82) is 0 Å². The number of hydrogen-bond donors (Lipinski definition) is 2. The number of halogens is 1. The highest BCUT2D eigenvalue weighted by Crippen LogP contribution is 2.42. The number of thiophene rings is 1. The zero-order valence-corrected chi connectivity index (χ0v) is 13.6. The van der Waals surface area contributed by atoms with E-state index in [1.54, 1.807) is 11.3 Å². The maximum absolute atomic E-state index is 5.79. The molecule has 102 valence electrons. The molecule has 2 rings (SSSR count). The highest BCUT2D eigenvalue weighted by atomic mass is 79.9. The SMILES string of the molecule is CC(C)C1CCC(C(NN)c2sccc2Br)CC1. The predicted molar refractivity (Wildman–Crippen MR) is 82.4 cm³/mol. The van der Waals surface area contributed by atoms with Crippen LogP contribution in [0.25, 0.3) is 0 Å². The van der Waals surface area contributed by atoms with E-state index in [4.69, 9.17) is 5.84 Å². The van der Waals surface area contributed by atoms with Crippen molar-refractivity contribution in [1.82, 2.24) is 5.43 Å². The summed E-state index contributed by atoms with van der Waals surface area (Å²) in [7, 11) is 0. The summed E-state index contributed by atoms with van der Waals surface area (Å²) in [5.74, 6) is 8.21. The molecule has 0 radical (unpaired) electrons. The average molecular weight is 331 g/mol. The summed E-state index contributed by atoms with van der Waals surface area (Å²) in [6.07, 6.45) is 5.29. The first kappa shape index (κ1) is 14.5. The van der Waals surface area contributed by atoms with Gasteiger partial charge in [0.1, 0.15) is 0 Å². The van der Waals surface area contributed by atoms with Crippen LogP contribution in [0.5, 0.6) is 0 Å². The molecule has 0 saturated heterocycles. The minimum absolute atomic E-state index is 0.312. The Morgan fingerprint density at radius 3 is 2.33 bits per heavy atom. The third-order valence-corrected chi connectivity index (χ3v) is 6.29. The number of hydrogen-bond acceptors (Lipinski definition) is 3. The highest BCUT2D eigenvalue weighted by molar-refractivity contribution is 9.10. The van der Waals surface area contributed by atoms with E-state index in [1.807, 2.05) is 0 Å². The average Bonchev–Trinajstić information content (AvgIpc) is 2.78. The van der Waals surface area contributed by atoms with E-state index in [-0.39, 0.29) is 0 Å². The molecule has 1 aromatic heterocycles. The van der Waals surface area contributed by atoms with Gasteiger partial charge in [0.25, 0.3) is 0 Å². The minimum Gasteiger partial charge on any atom is -0.271 e. The molecule has 1 fully saturated rings. The lowest BCUT2D eigenvalue weighted by atomic mass is 9.74. The van der Waals surface area contributed by atoms with Crippen molar-refractivity contribution in [2.45, 2.75) is 45.6 Å². The molecule has 0 bridgehead atoms. The Balaban J connectivity index is 2.01. The maximum atomic E-state index is 5.79. The second-order valence-electron chi connectivity index (χ2n) is 5.70. The second-order valence-corrected chi connectivity index (χ2v) is 7.50. The summed E-state index contributed by atoms with van der Waals surface area (Å²) in [6.45, 7) is 4.69. The molecular formula is C14H23BrN2S. The highest BCUT2D eigenvalue weighted by Gasteiger charge is 2.30. The van der Waals surface area contributed by atoms with E-state index in [1.165, 1.54) is 35.0 Å². The first-order chi connectivity index (χ1) is 8.63. The fourth-order valence-corrected chi connectivity index (χ4v) is 4.87. The van der Waals surface area contributed by atoms with Crippen LogP contribution < -0.4 is 11.3 Å².